The minimum atomic E-state index is 0.0144. The SMILES string of the molecule is COc1cccc(C2=C(Nc3ccccc3)S/C(=C\c3ccccc3)C2=O)c1. The van der Waals surface area contributed by atoms with Gasteiger partial charge in [-0.2, -0.15) is 0 Å². The van der Waals surface area contributed by atoms with Gasteiger partial charge in [0, 0.05) is 5.69 Å². The molecule has 0 saturated heterocycles. The molecule has 3 aromatic rings. The molecule has 0 amide bonds. The van der Waals surface area contributed by atoms with Gasteiger partial charge in [-0.05, 0) is 41.5 Å². The molecule has 28 heavy (non-hydrogen) atoms. The number of benzene rings is 3. The van der Waals surface area contributed by atoms with Gasteiger partial charge in [-0.1, -0.05) is 72.4 Å². The predicted molar refractivity (Wildman–Crippen MR) is 117 cm³/mol. The van der Waals surface area contributed by atoms with Crippen molar-refractivity contribution in [3.8, 4) is 5.75 Å². The van der Waals surface area contributed by atoms with Crippen molar-refractivity contribution >= 4 is 34.9 Å². The molecule has 0 aromatic heterocycles. The molecule has 0 saturated carbocycles. The summed E-state index contributed by atoms with van der Waals surface area (Å²) in [5.74, 6) is 0.739. The average molecular weight is 385 g/mol. The lowest BCUT2D eigenvalue weighted by atomic mass is 10.0. The smallest absolute Gasteiger partial charge is 0.203 e. The lowest BCUT2D eigenvalue weighted by molar-refractivity contribution is -0.109. The Balaban J connectivity index is 1.76. The summed E-state index contributed by atoms with van der Waals surface area (Å²) in [5, 5.41) is 4.24. The first-order chi connectivity index (χ1) is 13.7. The van der Waals surface area contributed by atoms with Crippen LogP contribution in [0, 0.1) is 0 Å². The zero-order chi connectivity index (χ0) is 19.3. The highest BCUT2D eigenvalue weighted by molar-refractivity contribution is 8.08. The molecular weight excluding hydrogens is 366 g/mol. The van der Waals surface area contributed by atoms with Crippen LogP contribution in [0.15, 0.2) is 94.9 Å². The number of hydrogen-bond donors (Lipinski definition) is 1. The molecule has 0 spiro atoms. The lowest BCUT2D eigenvalue weighted by Crippen LogP contribution is -2.02. The number of ketones is 1. The number of carbonyl (C=O) groups is 1. The lowest BCUT2D eigenvalue weighted by Gasteiger charge is -2.09. The minimum absolute atomic E-state index is 0.0144. The van der Waals surface area contributed by atoms with Gasteiger partial charge >= 0.3 is 0 Å². The second-order valence-electron chi connectivity index (χ2n) is 6.28. The van der Waals surface area contributed by atoms with Gasteiger partial charge in [-0.25, -0.2) is 0 Å². The van der Waals surface area contributed by atoms with Crippen molar-refractivity contribution in [3.63, 3.8) is 0 Å². The van der Waals surface area contributed by atoms with E-state index in [-0.39, 0.29) is 5.78 Å². The van der Waals surface area contributed by atoms with E-state index in [4.69, 9.17) is 4.74 Å². The Hall–Kier alpha value is -3.24. The number of rotatable bonds is 5. The van der Waals surface area contributed by atoms with E-state index in [1.807, 2.05) is 91.0 Å². The minimum Gasteiger partial charge on any atom is -0.497 e. The van der Waals surface area contributed by atoms with Crippen molar-refractivity contribution in [2.24, 2.45) is 0 Å². The number of hydrogen-bond acceptors (Lipinski definition) is 4. The summed E-state index contributed by atoms with van der Waals surface area (Å²) in [6.45, 7) is 0. The molecule has 0 atom stereocenters. The third kappa shape index (κ3) is 3.87. The normalized spacial score (nSPS) is 15.2. The number of para-hydroxylation sites is 1. The van der Waals surface area contributed by atoms with Crippen LogP contribution < -0.4 is 10.1 Å². The molecule has 1 heterocycles. The summed E-state index contributed by atoms with van der Waals surface area (Å²) in [7, 11) is 1.63. The molecule has 1 aliphatic heterocycles. The second kappa shape index (κ2) is 8.19. The maximum Gasteiger partial charge on any atom is 0.203 e. The molecule has 1 N–H and O–H groups in total. The van der Waals surface area contributed by atoms with Gasteiger partial charge in [-0.3, -0.25) is 4.79 Å². The molecule has 138 valence electrons. The Labute approximate surface area is 168 Å². The first-order valence-electron chi connectivity index (χ1n) is 8.94. The van der Waals surface area contributed by atoms with Crippen molar-refractivity contribution in [2.45, 2.75) is 0 Å². The zero-order valence-corrected chi connectivity index (χ0v) is 16.2. The van der Waals surface area contributed by atoms with Crippen molar-refractivity contribution in [2.75, 3.05) is 12.4 Å². The van der Waals surface area contributed by atoms with E-state index in [0.29, 0.717) is 10.5 Å². The van der Waals surface area contributed by atoms with Gasteiger partial charge in [0.1, 0.15) is 5.75 Å². The zero-order valence-electron chi connectivity index (χ0n) is 15.4. The van der Waals surface area contributed by atoms with Crippen LogP contribution in [0.2, 0.25) is 0 Å². The molecule has 0 unspecified atom stereocenters. The Kier molecular flexibility index (Phi) is 5.31. The maximum atomic E-state index is 13.3. The van der Waals surface area contributed by atoms with Crippen LogP contribution in [-0.2, 0) is 4.79 Å². The van der Waals surface area contributed by atoms with Crippen LogP contribution in [0.5, 0.6) is 5.75 Å². The van der Waals surface area contributed by atoms with Crippen molar-refractivity contribution in [3.05, 3.63) is 106 Å². The number of methoxy groups -OCH3 is 1. The monoisotopic (exact) mass is 385 g/mol. The fraction of sp³-hybridized carbons (Fsp3) is 0.0417. The largest absolute Gasteiger partial charge is 0.497 e. The van der Waals surface area contributed by atoms with Crippen molar-refractivity contribution < 1.29 is 9.53 Å². The van der Waals surface area contributed by atoms with E-state index in [1.54, 1.807) is 7.11 Å². The van der Waals surface area contributed by atoms with Crippen molar-refractivity contribution in [1.29, 1.82) is 0 Å². The van der Waals surface area contributed by atoms with Crippen LogP contribution in [0.4, 0.5) is 5.69 Å². The molecule has 4 rings (SSSR count). The van der Waals surface area contributed by atoms with E-state index in [0.717, 1.165) is 27.6 Å². The van der Waals surface area contributed by atoms with Crippen LogP contribution in [0.3, 0.4) is 0 Å². The Morgan fingerprint density at radius 1 is 0.893 bits per heavy atom. The highest BCUT2D eigenvalue weighted by atomic mass is 32.2. The van der Waals surface area contributed by atoms with Gasteiger partial charge in [0.05, 0.1) is 22.6 Å². The number of thioether (sulfide) groups is 1. The van der Waals surface area contributed by atoms with Gasteiger partial charge in [0.2, 0.25) is 5.78 Å². The fourth-order valence-corrected chi connectivity index (χ4v) is 4.10. The third-order valence-electron chi connectivity index (χ3n) is 4.38. The molecule has 3 nitrogen and oxygen atoms in total. The standard InChI is InChI=1S/C24H19NO2S/c1-27-20-14-8-11-18(16-20)22-23(26)21(15-17-9-4-2-5-10-17)28-24(22)25-19-12-6-3-7-13-19/h2-16,25H,1H3/b21-15-. The first-order valence-corrected chi connectivity index (χ1v) is 9.76. The van der Waals surface area contributed by atoms with Gasteiger partial charge in [-0.15, -0.1) is 0 Å². The summed E-state index contributed by atoms with van der Waals surface area (Å²) in [6, 6.07) is 27.4. The average Bonchev–Trinajstić information content (AvgIpc) is 3.04. The summed E-state index contributed by atoms with van der Waals surface area (Å²) in [6.07, 6.45) is 1.94. The number of anilines is 1. The van der Waals surface area contributed by atoms with Gasteiger partial charge < -0.3 is 10.1 Å². The van der Waals surface area contributed by atoms with Crippen molar-refractivity contribution in [1.82, 2.24) is 0 Å². The van der Waals surface area contributed by atoms with E-state index >= 15 is 0 Å². The molecule has 0 aliphatic carbocycles. The molecular formula is C24H19NO2S. The molecule has 0 bridgehead atoms. The number of Topliss-reactive ketones (excluding diaryl/α,β-unsaturated/α-hetero) is 1. The Morgan fingerprint density at radius 2 is 1.61 bits per heavy atom. The van der Waals surface area contributed by atoms with Crippen LogP contribution in [0.25, 0.3) is 11.6 Å². The Bertz CT molecular complexity index is 1060. The summed E-state index contributed by atoms with van der Waals surface area (Å²) in [5.41, 5.74) is 3.45. The molecule has 1 aliphatic rings. The summed E-state index contributed by atoms with van der Waals surface area (Å²) in [4.78, 5) is 14.0. The van der Waals surface area contributed by atoms with E-state index in [9.17, 15) is 4.79 Å². The van der Waals surface area contributed by atoms with Crippen LogP contribution in [-0.4, -0.2) is 12.9 Å². The third-order valence-corrected chi connectivity index (χ3v) is 5.41. The molecule has 3 aromatic carbocycles. The molecule has 0 fully saturated rings. The highest BCUT2D eigenvalue weighted by Gasteiger charge is 2.30. The van der Waals surface area contributed by atoms with E-state index in [2.05, 4.69) is 5.32 Å². The van der Waals surface area contributed by atoms with Crippen LogP contribution in [0.1, 0.15) is 11.1 Å². The number of ether oxygens (including phenoxy) is 1. The first kappa shape index (κ1) is 18.1. The van der Waals surface area contributed by atoms with E-state index in [1.165, 1.54) is 11.8 Å². The fourth-order valence-electron chi connectivity index (χ4n) is 3.01. The highest BCUT2D eigenvalue weighted by Crippen LogP contribution is 2.44. The topological polar surface area (TPSA) is 38.3 Å². The quantitative estimate of drug-likeness (QED) is 0.561. The summed E-state index contributed by atoms with van der Waals surface area (Å²) < 4.78 is 5.35. The number of nitrogens with one attached hydrogen (secondary N) is 1. The summed E-state index contributed by atoms with van der Waals surface area (Å²) >= 11 is 1.46. The Morgan fingerprint density at radius 3 is 2.32 bits per heavy atom. The second-order valence-corrected chi connectivity index (χ2v) is 7.33. The van der Waals surface area contributed by atoms with Gasteiger partial charge in [0.25, 0.3) is 0 Å². The van der Waals surface area contributed by atoms with Crippen LogP contribution >= 0.6 is 11.8 Å². The molecule has 4 heteroatoms. The molecule has 0 radical (unpaired) electrons. The maximum absolute atomic E-state index is 13.3. The number of carbonyl (C=O) groups excluding carboxylic acids is 1. The number of allylic oxidation sites excluding steroid dienone is 2. The predicted octanol–water partition coefficient (Wildman–Crippen LogP) is 5.83. The van der Waals surface area contributed by atoms with E-state index < -0.39 is 0 Å². The van der Waals surface area contributed by atoms with Gasteiger partial charge in [0.15, 0.2) is 0 Å².